The van der Waals surface area contributed by atoms with Crippen LogP contribution < -0.4 is 5.06 Å². The minimum atomic E-state index is -0.201. The Kier molecular flexibility index (Phi) is 1.83. The van der Waals surface area contributed by atoms with E-state index in [1.165, 1.54) is 0 Å². The molecule has 0 bridgehead atoms. The van der Waals surface area contributed by atoms with Gasteiger partial charge < -0.3 is 15.4 Å². The number of rotatable bonds is 0. The van der Waals surface area contributed by atoms with Crippen LogP contribution in [0.2, 0.25) is 0 Å². The molecule has 8 heavy (non-hydrogen) atoms. The van der Waals surface area contributed by atoms with Gasteiger partial charge in [0, 0.05) is 12.8 Å². The van der Waals surface area contributed by atoms with E-state index in [4.69, 9.17) is 5.11 Å². The summed E-state index contributed by atoms with van der Waals surface area (Å²) in [4.78, 5) is 0. The van der Waals surface area contributed by atoms with Crippen molar-refractivity contribution in [2.75, 3.05) is 13.1 Å². The first kappa shape index (κ1) is 6.01. The molecule has 0 radical (unpaired) electrons. The Labute approximate surface area is 48.5 Å². The van der Waals surface area contributed by atoms with Crippen LogP contribution >= 0.6 is 0 Å². The molecule has 48 valence electrons. The lowest BCUT2D eigenvalue weighted by Crippen LogP contribution is -3.08. The fourth-order valence-corrected chi connectivity index (χ4v) is 0.925. The Morgan fingerprint density at radius 3 is 2.25 bits per heavy atom. The van der Waals surface area contributed by atoms with Crippen LogP contribution in [0.3, 0.4) is 0 Å². The van der Waals surface area contributed by atoms with Crippen molar-refractivity contribution in [3.8, 4) is 0 Å². The van der Waals surface area contributed by atoms with Gasteiger partial charge >= 0.3 is 0 Å². The van der Waals surface area contributed by atoms with E-state index in [2.05, 4.69) is 0 Å². The van der Waals surface area contributed by atoms with Gasteiger partial charge in [-0.15, -0.1) is 0 Å². The van der Waals surface area contributed by atoms with E-state index in [1.54, 1.807) is 0 Å². The minimum Gasteiger partial charge on any atom is -0.634 e. The van der Waals surface area contributed by atoms with Crippen LogP contribution in [0.15, 0.2) is 0 Å². The zero-order valence-corrected chi connectivity index (χ0v) is 4.76. The minimum absolute atomic E-state index is 0.201. The van der Waals surface area contributed by atoms with Crippen molar-refractivity contribution in [2.24, 2.45) is 0 Å². The highest BCUT2D eigenvalue weighted by Crippen LogP contribution is 1.96. The first-order valence-corrected chi connectivity index (χ1v) is 2.99. The van der Waals surface area contributed by atoms with Gasteiger partial charge in [0.2, 0.25) is 0 Å². The Morgan fingerprint density at radius 2 is 1.88 bits per heavy atom. The SMILES string of the molecule is [O-][NH+]1CCC(O)CC1. The standard InChI is InChI=1S/C5H11NO2/c7-5-1-3-6(8)4-2-5/h5-7H,1-4H2. The molecule has 2 N–H and O–H groups in total. The third-order valence-electron chi connectivity index (χ3n) is 1.51. The summed E-state index contributed by atoms with van der Waals surface area (Å²) in [5.74, 6) is 0. The molecule has 1 rings (SSSR count). The predicted molar refractivity (Wildman–Crippen MR) is 29.3 cm³/mol. The zero-order chi connectivity index (χ0) is 5.98. The smallest absolute Gasteiger partial charge is 0.0793 e. The molecule has 1 aliphatic rings. The average molecular weight is 117 g/mol. The van der Waals surface area contributed by atoms with E-state index in [9.17, 15) is 5.21 Å². The second kappa shape index (κ2) is 2.44. The summed E-state index contributed by atoms with van der Waals surface area (Å²) in [6.45, 7) is 1.17. The summed E-state index contributed by atoms with van der Waals surface area (Å²) in [5.41, 5.74) is 0. The number of piperidine rings is 1. The summed E-state index contributed by atoms with van der Waals surface area (Å²) in [6.07, 6.45) is 1.16. The van der Waals surface area contributed by atoms with Crippen LogP contribution in [0.4, 0.5) is 0 Å². The van der Waals surface area contributed by atoms with Crippen LogP contribution in [0.5, 0.6) is 0 Å². The van der Waals surface area contributed by atoms with Crippen molar-refractivity contribution < 1.29 is 10.2 Å². The van der Waals surface area contributed by atoms with Gasteiger partial charge in [0.05, 0.1) is 19.2 Å². The third-order valence-corrected chi connectivity index (χ3v) is 1.51. The van der Waals surface area contributed by atoms with Crippen LogP contribution in [0.25, 0.3) is 0 Å². The van der Waals surface area contributed by atoms with Crippen LogP contribution in [0, 0.1) is 5.21 Å². The summed E-state index contributed by atoms with van der Waals surface area (Å²) in [5, 5.41) is 19.7. The highest BCUT2D eigenvalue weighted by molar-refractivity contribution is 4.57. The lowest BCUT2D eigenvalue weighted by molar-refractivity contribution is -0.854. The number of aliphatic hydroxyl groups is 1. The lowest BCUT2D eigenvalue weighted by Gasteiger charge is -2.28. The molecule has 1 heterocycles. The van der Waals surface area contributed by atoms with Crippen molar-refractivity contribution in [3.63, 3.8) is 0 Å². The summed E-state index contributed by atoms with van der Waals surface area (Å²) < 4.78 is 0. The number of hydrogen-bond acceptors (Lipinski definition) is 2. The van der Waals surface area contributed by atoms with Gasteiger partial charge in [-0.2, -0.15) is 0 Å². The van der Waals surface area contributed by atoms with E-state index in [-0.39, 0.29) is 6.10 Å². The molecule has 0 saturated carbocycles. The second-order valence-corrected chi connectivity index (χ2v) is 2.27. The van der Waals surface area contributed by atoms with Gasteiger partial charge in [-0.3, -0.25) is 0 Å². The van der Waals surface area contributed by atoms with E-state index < -0.39 is 0 Å². The Bertz CT molecular complexity index is 58.8. The summed E-state index contributed by atoms with van der Waals surface area (Å²) in [6, 6.07) is 0. The maximum atomic E-state index is 10.5. The molecule has 0 amide bonds. The first-order chi connectivity index (χ1) is 3.79. The molecule has 0 atom stereocenters. The van der Waals surface area contributed by atoms with Gasteiger partial charge in [0.25, 0.3) is 0 Å². The topological polar surface area (TPSA) is 47.7 Å². The molecule has 0 aromatic carbocycles. The molecule has 1 fully saturated rings. The summed E-state index contributed by atoms with van der Waals surface area (Å²) >= 11 is 0. The van der Waals surface area contributed by atoms with Crippen molar-refractivity contribution >= 4 is 0 Å². The number of hydrogen-bond donors (Lipinski definition) is 2. The van der Waals surface area contributed by atoms with Crippen LogP contribution in [-0.4, -0.2) is 24.3 Å². The van der Waals surface area contributed by atoms with Crippen molar-refractivity contribution in [3.05, 3.63) is 5.21 Å². The van der Waals surface area contributed by atoms with Gasteiger partial charge in [-0.05, 0) is 0 Å². The maximum absolute atomic E-state index is 10.5. The average Bonchev–Trinajstić information content (AvgIpc) is 1.77. The molecule has 1 aliphatic heterocycles. The van der Waals surface area contributed by atoms with Gasteiger partial charge in [0.1, 0.15) is 0 Å². The monoisotopic (exact) mass is 117 g/mol. The Hall–Kier alpha value is -0.120. The number of hydroxylamine groups is 2. The normalized spacial score (nSPS) is 39.8. The van der Waals surface area contributed by atoms with Gasteiger partial charge in [-0.1, -0.05) is 0 Å². The number of nitrogens with one attached hydrogen (secondary N) is 1. The fraction of sp³-hybridized carbons (Fsp3) is 1.00. The highest BCUT2D eigenvalue weighted by Gasteiger charge is 2.13. The molecule has 0 aliphatic carbocycles. The molecule has 0 spiro atoms. The van der Waals surface area contributed by atoms with E-state index in [0.29, 0.717) is 31.0 Å². The van der Waals surface area contributed by atoms with Crippen LogP contribution in [-0.2, 0) is 0 Å². The quantitative estimate of drug-likeness (QED) is 0.380. The molecule has 0 unspecified atom stereocenters. The molecule has 0 aromatic rings. The van der Waals surface area contributed by atoms with Crippen molar-refractivity contribution in [2.45, 2.75) is 18.9 Å². The molecule has 3 nitrogen and oxygen atoms in total. The van der Waals surface area contributed by atoms with Gasteiger partial charge in [0.15, 0.2) is 0 Å². The molecule has 3 heteroatoms. The molecular weight excluding hydrogens is 106 g/mol. The second-order valence-electron chi connectivity index (χ2n) is 2.27. The first-order valence-electron chi connectivity index (χ1n) is 2.99. The molecule has 1 saturated heterocycles. The fourth-order valence-electron chi connectivity index (χ4n) is 0.925. The van der Waals surface area contributed by atoms with E-state index >= 15 is 0 Å². The van der Waals surface area contributed by atoms with E-state index in [1.807, 2.05) is 0 Å². The summed E-state index contributed by atoms with van der Waals surface area (Å²) in [7, 11) is 0. The van der Waals surface area contributed by atoms with Crippen molar-refractivity contribution in [1.29, 1.82) is 0 Å². The lowest BCUT2D eigenvalue weighted by atomic mass is 10.1. The Morgan fingerprint density at radius 1 is 1.38 bits per heavy atom. The largest absolute Gasteiger partial charge is 0.634 e. The van der Waals surface area contributed by atoms with E-state index in [0.717, 1.165) is 0 Å². The Balaban J connectivity index is 2.19. The number of quaternary nitrogens is 1. The van der Waals surface area contributed by atoms with Crippen LogP contribution in [0.1, 0.15) is 12.8 Å². The predicted octanol–water partition coefficient (Wildman–Crippen LogP) is -1.48. The van der Waals surface area contributed by atoms with Gasteiger partial charge in [-0.25, -0.2) is 0 Å². The van der Waals surface area contributed by atoms with Crippen molar-refractivity contribution in [1.82, 2.24) is 0 Å². The molecular formula is C5H11NO2. The highest BCUT2D eigenvalue weighted by atomic mass is 16.5. The maximum Gasteiger partial charge on any atom is 0.0793 e. The zero-order valence-electron chi connectivity index (χ0n) is 4.76. The number of aliphatic hydroxyl groups excluding tert-OH is 1. The third kappa shape index (κ3) is 1.43. The molecule has 0 aromatic heterocycles.